The first-order valence-electron chi connectivity index (χ1n) is 4.02. The van der Waals surface area contributed by atoms with Crippen molar-refractivity contribution in [1.29, 1.82) is 0 Å². The molecule has 1 aliphatic rings. The van der Waals surface area contributed by atoms with Crippen molar-refractivity contribution >= 4 is 19.6 Å². The second kappa shape index (κ2) is 4.49. The van der Waals surface area contributed by atoms with Gasteiger partial charge in [-0.05, 0) is 0 Å². The smallest absolute Gasteiger partial charge is 0.132 e. The molecular weight excluding hydrogens is 178 g/mol. The summed E-state index contributed by atoms with van der Waals surface area (Å²) >= 11 is 1.61. The van der Waals surface area contributed by atoms with Gasteiger partial charge in [0.15, 0.2) is 0 Å². The van der Waals surface area contributed by atoms with Crippen LogP contribution in [0.1, 0.15) is 0 Å². The van der Waals surface area contributed by atoms with E-state index in [4.69, 9.17) is 9.47 Å². The van der Waals surface area contributed by atoms with Crippen LogP contribution in [0.15, 0.2) is 0 Å². The molecule has 70 valence electrons. The Bertz CT molecular complexity index is 149. The number of methoxy groups -OCH3 is 2. The summed E-state index contributed by atoms with van der Waals surface area (Å²) in [6, 6.07) is 0. The Kier molecular flexibility index (Phi) is 3.87. The number of halogens is 1. The molecule has 1 fully saturated rings. The average Bonchev–Trinajstić information content (AvgIpc) is 2.29. The van der Waals surface area contributed by atoms with Crippen LogP contribution >= 0.6 is 11.8 Å². The van der Waals surface area contributed by atoms with Crippen molar-refractivity contribution in [2.45, 2.75) is 22.7 Å². The Morgan fingerprint density at radius 1 is 1.50 bits per heavy atom. The highest BCUT2D eigenvalue weighted by Crippen LogP contribution is 2.36. The lowest BCUT2D eigenvalue weighted by Crippen LogP contribution is -2.33. The molecule has 0 aliphatic carbocycles. The average molecular weight is 192 g/mol. The number of hydrogen-bond donors (Lipinski definition) is 0. The van der Waals surface area contributed by atoms with Crippen LogP contribution in [-0.4, -0.2) is 51.3 Å². The van der Waals surface area contributed by atoms with E-state index in [1.165, 1.54) is 0 Å². The third-order valence-electron chi connectivity index (χ3n) is 2.12. The molecule has 1 rings (SSSR count). The first-order chi connectivity index (χ1) is 5.70. The second-order valence-electron chi connectivity index (χ2n) is 2.98. The molecule has 1 unspecified atom stereocenters. The number of hydrogen-bond acceptors (Lipinski definition) is 3. The predicted molar refractivity (Wildman–Crippen MR) is 51.3 cm³/mol. The minimum absolute atomic E-state index is 0.0232. The van der Waals surface area contributed by atoms with Crippen LogP contribution in [0, 0.1) is 0 Å². The summed E-state index contributed by atoms with van der Waals surface area (Å²) in [5.41, 5.74) is 0. The lowest BCUT2D eigenvalue weighted by molar-refractivity contribution is 0.0289. The highest BCUT2D eigenvalue weighted by molar-refractivity contribution is 8.02. The highest BCUT2D eigenvalue weighted by atomic mass is 32.2. The quantitative estimate of drug-likeness (QED) is 0.589. The van der Waals surface area contributed by atoms with Gasteiger partial charge in [-0.15, -0.1) is 0 Å². The molecule has 1 saturated heterocycles. The third-order valence-corrected chi connectivity index (χ3v) is 3.56. The van der Waals surface area contributed by atoms with Gasteiger partial charge < -0.3 is 9.47 Å². The van der Waals surface area contributed by atoms with Crippen molar-refractivity contribution in [1.82, 2.24) is 0 Å². The van der Waals surface area contributed by atoms with E-state index in [1.54, 1.807) is 26.0 Å². The maximum absolute atomic E-state index is 13.4. The molecule has 0 aromatic carbocycles. The van der Waals surface area contributed by atoms with Crippen LogP contribution < -0.4 is 0 Å². The molecule has 0 spiro atoms. The van der Waals surface area contributed by atoms with Crippen molar-refractivity contribution in [3.8, 4) is 0 Å². The SMILES string of the molecule is B[C@@H]1S[C@H](COC)[C@@H](OC)C1F. The molecule has 4 atom stereocenters. The van der Waals surface area contributed by atoms with E-state index >= 15 is 0 Å². The monoisotopic (exact) mass is 192 g/mol. The Morgan fingerprint density at radius 2 is 2.17 bits per heavy atom. The first kappa shape index (κ1) is 10.3. The predicted octanol–water partition coefficient (Wildman–Crippen LogP) is 0.0605. The lowest BCUT2D eigenvalue weighted by atomic mass is 9.95. The Balaban J connectivity index is 2.52. The van der Waals surface area contributed by atoms with Crippen LogP contribution in [0.25, 0.3) is 0 Å². The summed E-state index contributed by atoms with van der Waals surface area (Å²) in [7, 11) is 5.07. The van der Waals surface area contributed by atoms with Gasteiger partial charge in [0.1, 0.15) is 20.1 Å². The molecule has 0 saturated carbocycles. The fourth-order valence-corrected chi connectivity index (χ4v) is 2.97. The van der Waals surface area contributed by atoms with Crippen molar-refractivity contribution in [2.24, 2.45) is 0 Å². The first-order valence-corrected chi connectivity index (χ1v) is 4.96. The van der Waals surface area contributed by atoms with Crippen molar-refractivity contribution < 1.29 is 13.9 Å². The summed E-state index contributed by atoms with van der Waals surface area (Å²) in [4.78, 5) is 0. The number of thioether (sulfide) groups is 1. The number of alkyl halides is 1. The molecule has 0 amide bonds. The van der Waals surface area contributed by atoms with E-state index in [1.807, 2.05) is 7.85 Å². The van der Waals surface area contributed by atoms with E-state index in [0.29, 0.717) is 6.61 Å². The normalized spacial score (nSPS) is 41.9. The maximum Gasteiger partial charge on any atom is 0.132 e. The minimum Gasteiger partial charge on any atom is -0.383 e. The van der Waals surface area contributed by atoms with E-state index in [0.717, 1.165) is 0 Å². The zero-order chi connectivity index (χ0) is 9.14. The van der Waals surface area contributed by atoms with Gasteiger partial charge >= 0.3 is 0 Å². The molecule has 0 aromatic rings. The zero-order valence-corrected chi connectivity index (χ0v) is 8.44. The molecule has 0 aromatic heterocycles. The van der Waals surface area contributed by atoms with Gasteiger partial charge in [-0.25, -0.2) is 4.39 Å². The summed E-state index contributed by atoms with van der Waals surface area (Å²) < 4.78 is 23.4. The van der Waals surface area contributed by atoms with Crippen molar-refractivity contribution in [3.05, 3.63) is 0 Å². The molecule has 0 bridgehead atoms. The summed E-state index contributed by atoms with van der Waals surface area (Å²) in [6.45, 7) is 0.563. The molecular formula is C7H14BFO2S. The molecule has 1 aliphatic heterocycles. The molecule has 0 radical (unpaired) electrons. The zero-order valence-electron chi connectivity index (χ0n) is 7.62. The summed E-state index contributed by atoms with van der Waals surface area (Å²) in [5, 5.41) is 0.167. The van der Waals surface area contributed by atoms with Crippen molar-refractivity contribution in [3.63, 3.8) is 0 Å². The van der Waals surface area contributed by atoms with Crippen LogP contribution in [-0.2, 0) is 9.47 Å². The standard InChI is InChI=1S/C7H14BFO2S/c1-10-3-4-6(11-2)5(9)7(8)12-4/h4-7H,3,8H2,1-2H3/t4-,5?,6-,7-/m1/s1. The van der Waals surface area contributed by atoms with E-state index < -0.39 is 6.17 Å². The highest BCUT2D eigenvalue weighted by Gasteiger charge is 2.42. The van der Waals surface area contributed by atoms with Crippen LogP contribution in [0.2, 0.25) is 0 Å². The van der Waals surface area contributed by atoms with E-state index in [9.17, 15) is 4.39 Å². The fraction of sp³-hybridized carbons (Fsp3) is 1.00. The topological polar surface area (TPSA) is 18.5 Å². The summed E-state index contributed by atoms with van der Waals surface area (Å²) in [6.07, 6.45) is -1.16. The molecule has 5 heteroatoms. The van der Waals surface area contributed by atoms with Gasteiger partial charge in [0.25, 0.3) is 0 Å². The Morgan fingerprint density at radius 3 is 2.67 bits per heavy atom. The van der Waals surface area contributed by atoms with Crippen molar-refractivity contribution in [2.75, 3.05) is 20.8 Å². The molecule has 0 N–H and O–H groups in total. The van der Waals surface area contributed by atoms with Crippen LogP contribution in [0.4, 0.5) is 4.39 Å². The van der Waals surface area contributed by atoms with Gasteiger partial charge in [-0.2, -0.15) is 11.8 Å². The summed E-state index contributed by atoms with van der Waals surface area (Å²) in [5.74, 6) is 0. The second-order valence-corrected chi connectivity index (χ2v) is 4.60. The molecule has 2 nitrogen and oxygen atoms in total. The van der Waals surface area contributed by atoms with Gasteiger partial charge in [-0.1, -0.05) is 0 Å². The fourth-order valence-electron chi connectivity index (χ4n) is 1.48. The third kappa shape index (κ3) is 1.95. The van der Waals surface area contributed by atoms with Gasteiger partial charge in [0, 0.05) is 19.4 Å². The lowest BCUT2D eigenvalue weighted by Gasteiger charge is -2.17. The van der Waals surface area contributed by atoms with Gasteiger partial charge in [0.2, 0.25) is 0 Å². The van der Waals surface area contributed by atoms with Crippen LogP contribution in [0.3, 0.4) is 0 Å². The van der Waals surface area contributed by atoms with Gasteiger partial charge in [-0.3, -0.25) is 0 Å². The number of ether oxygens (including phenoxy) is 2. The maximum atomic E-state index is 13.4. The minimum atomic E-state index is -0.861. The largest absolute Gasteiger partial charge is 0.383 e. The van der Waals surface area contributed by atoms with Crippen LogP contribution in [0.5, 0.6) is 0 Å². The van der Waals surface area contributed by atoms with E-state index in [-0.39, 0.29) is 16.5 Å². The molecule has 1 heterocycles. The van der Waals surface area contributed by atoms with E-state index in [2.05, 4.69) is 0 Å². The van der Waals surface area contributed by atoms with Gasteiger partial charge in [0.05, 0.1) is 11.9 Å². The number of rotatable bonds is 3. The Hall–Kier alpha value is 0.265. The molecule has 12 heavy (non-hydrogen) atoms. The Labute approximate surface area is 77.6 Å².